The fraction of sp³-hybridized carbons (Fsp3) is 0.316. The molecular weight excluding hydrogens is 388 g/mol. The Kier molecular flexibility index (Phi) is 6.04. The van der Waals surface area contributed by atoms with E-state index in [0.717, 1.165) is 12.8 Å². The van der Waals surface area contributed by atoms with E-state index in [2.05, 4.69) is 5.32 Å². The molecule has 0 aromatic heterocycles. The van der Waals surface area contributed by atoms with Gasteiger partial charge in [-0.15, -0.1) is 0 Å². The zero-order valence-corrected chi connectivity index (χ0v) is 16.5. The van der Waals surface area contributed by atoms with Crippen molar-refractivity contribution in [3.8, 4) is 5.75 Å². The van der Waals surface area contributed by atoms with Crippen molar-refractivity contribution >= 4 is 33.2 Å². The number of rotatable bonds is 6. The molecule has 3 rings (SSSR count). The number of hydrogen-bond acceptors (Lipinski definition) is 4. The molecule has 8 heteroatoms. The van der Waals surface area contributed by atoms with Crippen LogP contribution in [0.4, 0.5) is 5.69 Å². The number of amides is 1. The molecule has 27 heavy (non-hydrogen) atoms. The Balaban J connectivity index is 1.88. The van der Waals surface area contributed by atoms with Gasteiger partial charge in [0.05, 0.1) is 17.2 Å². The number of carbonyl (C=O) groups is 1. The van der Waals surface area contributed by atoms with Crippen molar-refractivity contribution < 1.29 is 17.9 Å². The van der Waals surface area contributed by atoms with E-state index in [-0.39, 0.29) is 15.8 Å². The van der Waals surface area contributed by atoms with E-state index in [9.17, 15) is 13.2 Å². The summed E-state index contributed by atoms with van der Waals surface area (Å²) in [5.74, 6) is 0.0854. The van der Waals surface area contributed by atoms with Gasteiger partial charge >= 0.3 is 0 Å². The van der Waals surface area contributed by atoms with Crippen molar-refractivity contribution in [1.82, 2.24) is 4.31 Å². The number of benzene rings is 2. The van der Waals surface area contributed by atoms with Crippen molar-refractivity contribution in [2.24, 2.45) is 0 Å². The van der Waals surface area contributed by atoms with Gasteiger partial charge in [-0.25, -0.2) is 8.42 Å². The highest BCUT2D eigenvalue weighted by Crippen LogP contribution is 2.30. The quantitative estimate of drug-likeness (QED) is 0.789. The number of hydrogen-bond donors (Lipinski definition) is 1. The fourth-order valence-corrected chi connectivity index (χ4v) is 5.00. The van der Waals surface area contributed by atoms with E-state index in [1.165, 1.54) is 16.4 Å². The molecule has 1 aliphatic heterocycles. The van der Waals surface area contributed by atoms with Crippen molar-refractivity contribution in [3.63, 3.8) is 0 Å². The van der Waals surface area contributed by atoms with Crippen molar-refractivity contribution in [3.05, 3.63) is 53.1 Å². The molecule has 0 radical (unpaired) electrons. The second-order valence-corrected chi connectivity index (χ2v) is 8.45. The van der Waals surface area contributed by atoms with Crippen molar-refractivity contribution in [1.29, 1.82) is 0 Å². The zero-order chi connectivity index (χ0) is 19.4. The van der Waals surface area contributed by atoms with E-state index >= 15 is 0 Å². The summed E-state index contributed by atoms with van der Waals surface area (Å²) < 4.78 is 32.5. The monoisotopic (exact) mass is 408 g/mol. The minimum atomic E-state index is -3.68. The molecular formula is C19H21ClN2O4S. The topological polar surface area (TPSA) is 75.7 Å². The Morgan fingerprint density at radius 1 is 1.19 bits per heavy atom. The number of carbonyl (C=O) groups excluding carboxylic acids is 1. The maximum absolute atomic E-state index is 12.8. The number of sulfonamides is 1. The van der Waals surface area contributed by atoms with Gasteiger partial charge in [-0.3, -0.25) is 4.79 Å². The van der Waals surface area contributed by atoms with Crippen LogP contribution in [0, 0.1) is 0 Å². The van der Waals surface area contributed by atoms with Gasteiger partial charge in [0.15, 0.2) is 0 Å². The highest BCUT2D eigenvalue weighted by Gasteiger charge is 2.29. The van der Waals surface area contributed by atoms with Crippen LogP contribution in [0.3, 0.4) is 0 Å². The Morgan fingerprint density at radius 2 is 1.89 bits per heavy atom. The van der Waals surface area contributed by atoms with Gasteiger partial charge in [-0.05, 0) is 50.1 Å². The van der Waals surface area contributed by atoms with Crippen LogP contribution in [-0.2, 0) is 10.0 Å². The second kappa shape index (κ2) is 8.29. The largest absolute Gasteiger partial charge is 0.493 e. The molecule has 1 saturated heterocycles. The highest BCUT2D eigenvalue weighted by atomic mass is 35.5. The first-order chi connectivity index (χ1) is 12.9. The van der Waals surface area contributed by atoms with E-state index in [1.54, 1.807) is 30.3 Å². The summed E-state index contributed by atoms with van der Waals surface area (Å²) in [6, 6.07) is 11.3. The first-order valence-corrected chi connectivity index (χ1v) is 10.6. The fourth-order valence-electron chi connectivity index (χ4n) is 2.98. The Hall–Kier alpha value is -2.09. The lowest BCUT2D eigenvalue weighted by Gasteiger charge is -2.17. The van der Waals surface area contributed by atoms with Crippen LogP contribution in [-0.4, -0.2) is 38.3 Å². The van der Waals surface area contributed by atoms with Gasteiger partial charge in [0.25, 0.3) is 5.91 Å². The molecule has 144 valence electrons. The van der Waals surface area contributed by atoms with Crippen LogP contribution in [0.1, 0.15) is 30.1 Å². The van der Waals surface area contributed by atoms with Crippen LogP contribution in [0.25, 0.3) is 0 Å². The summed E-state index contributed by atoms with van der Waals surface area (Å²) >= 11 is 6.14. The molecule has 0 aliphatic carbocycles. The van der Waals surface area contributed by atoms with Crippen LogP contribution in [0.15, 0.2) is 47.4 Å². The number of ether oxygens (including phenoxy) is 1. The van der Waals surface area contributed by atoms with E-state index in [0.29, 0.717) is 36.7 Å². The van der Waals surface area contributed by atoms with Gasteiger partial charge in [-0.2, -0.15) is 4.31 Å². The molecule has 1 aliphatic rings. The normalized spacial score (nSPS) is 14.9. The van der Waals surface area contributed by atoms with Crippen LogP contribution in [0.2, 0.25) is 5.02 Å². The summed E-state index contributed by atoms with van der Waals surface area (Å²) in [5.41, 5.74) is 0.728. The summed E-state index contributed by atoms with van der Waals surface area (Å²) in [6.45, 7) is 3.24. The molecule has 0 unspecified atom stereocenters. The van der Waals surface area contributed by atoms with Crippen molar-refractivity contribution in [2.75, 3.05) is 25.0 Å². The third-order valence-corrected chi connectivity index (χ3v) is 6.68. The maximum atomic E-state index is 12.8. The Labute approximate surface area is 164 Å². The minimum Gasteiger partial charge on any atom is -0.493 e. The summed E-state index contributed by atoms with van der Waals surface area (Å²) in [5, 5.41) is 2.86. The molecule has 2 aromatic carbocycles. The van der Waals surface area contributed by atoms with Crippen LogP contribution < -0.4 is 10.1 Å². The standard InChI is InChI=1S/C19H21ClN2O4S/c1-2-26-17-8-4-3-7-15(17)19(23)21-14-9-10-16(20)18(13-14)27(24,25)22-11-5-6-12-22/h3-4,7-10,13H,2,5-6,11-12H2,1H3,(H,21,23). The molecule has 1 amide bonds. The maximum Gasteiger partial charge on any atom is 0.259 e. The van der Waals surface area contributed by atoms with E-state index in [1.807, 2.05) is 6.92 Å². The molecule has 2 aromatic rings. The molecule has 0 atom stereocenters. The SMILES string of the molecule is CCOc1ccccc1C(=O)Nc1ccc(Cl)c(S(=O)(=O)N2CCCC2)c1. The highest BCUT2D eigenvalue weighted by molar-refractivity contribution is 7.89. The van der Waals surface area contributed by atoms with Gasteiger partial charge < -0.3 is 10.1 Å². The van der Waals surface area contributed by atoms with Crippen LogP contribution in [0.5, 0.6) is 5.75 Å². The number of nitrogens with zero attached hydrogens (tertiary/aromatic N) is 1. The molecule has 0 bridgehead atoms. The predicted octanol–water partition coefficient (Wildman–Crippen LogP) is 3.78. The molecule has 6 nitrogen and oxygen atoms in total. The summed E-state index contributed by atoms with van der Waals surface area (Å²) in [4.78, 5) is 12.6. The Bertz CT molecular complexity index is 940. The third kappa shape index (κ3) is 4.26. The number of para-hydroxylation sites is 1. The summed E-state index contributed by atoms with van der Waals surface area (Å²) in [7, 11) is -3.68. The molecule has 0 saturated carbocycles. The average molecular weight is 409 g/mol. The zero-order valence-electron chi connectivity index (χ0n) is 14.9. The average Bonchev–Trinajstić information content (AvgIpc) is 3.19. The first kappa shape index (κ1) is 19.7. The van der Waals surface area contributed by atoms with Gasteiger partial charge in [0.2, 0.25) is 10.0 Å². The lowest BCUT2D eigenvalue weighted by Crippen LogP contribution is -2.28. The van der Waals surface area contributed by atoms with Gasteiger partial charge in [0, 0.05) is 18.8 Å². The molecule has 0 spiro atoms. The molecule has 1 fully saturated rings. The lowest BCUT2D eigenvalue weighted by molar-refractivity contribution is 0.102. The second-order valence-electron chi connectivity index (χ2n) is 6.14. The van der Waals surface area contributed by atoms with Crippen molar-refractivity contribution in [2.45, 2.75) is 24.7 Å². The third-order valence-electron chi connectivity index (χ3n) is 4.30. The van der Waals surface area contributed by atoms with Crippen LogP contribution >= 0.6 is 11.6 Å². The summed E-state index contributed by atoms with van der Waals surface area (Å²) in [6.07, 6.45) is 1.67. The smallest absolute Gasteiger partial charge is 0.259 e. The van der Waals surface area contributed by atoms with E-state index in [4.69, 9.17) is 16.3 Å². The number of halogens is 1. The van der Waals surface area contributed by atoms with Gasteiger partial charge in [0.1, 0.15) is 10.6 Å². The Morgan fingerprint density at radius 3 is 2.59 bits per heavy atom. The first-order valence-electron chi connectivity index (χ1n) is 8.76. The lowest BCUT2D eigenvalue weighted by atomic mass is 10.2. The van der Waals surface area contributed by atoms with Gasteiger partial charge in [-0.1, -0.05) is 23.7 Å². The number of nitrogens with one attached hydrogen (secondary N) is 1. The predicted molar refractivity (Wildman–Crippen MR) is 105 cm³/mol. The molecule has 1 N–H and O–H groups in total. The van der Waals surface area contributed by atoms with E-state index < -0.39 is 10.0 Å². The molecule has 1 heterocycles. The minimum absolute atomic E-state index is 0.00181. The number of anilines is 1.